The molecule has 1 amide bonds. The van der Waals surface area contributed by atoms with E-state index in [0.29, 0.717) is 4.47 Å². The molecule has 0 saturated carbocycles. The third kappa shape index (κ3) is 4.17. The van der Waals surface area contributed by atoms with E-state index in [-0.39, 0.29) is 21.9 Å². The smallest absolute Gasteiger partial charge is 0.265 e. The van der Waals surface area contributed by atoms with Gasteiger partial charge < -0.3 is 10.5 Å². The number of amides is 1. The van der Waals surface area contributed by atoms with Crippen molar-refractivity contribution in [2.24, 2.45) is 5.73 Å². The molecule has 2 aromatic rings. The number of ether oxygens (including phenoxy) is 1. The first-order chi connectivity index (χ1) is 10.8. The van der Waals surface area contributed by atoms with Gasteiger partial charge in [-0.25, -0.2) is 12.8 Å². The van der Waals surface area contributed by atoms with Crippen molar-refractivity contribution >= 4 is 37.5 Å². The van der Waals surface area contributed by atoms with E-state index in [9.17, 15) is 17.6 Å². The molecule has 3 N–H and O–H groups in total. The number of hydrogen-bond donors (Lipinski definition) is 2. The summed E-state index contributed by atoms with van der Waals surface area (Å²) in [7, 11) is -4.09. The van der Waals surface area contributed by atoms with E-state index in [4.69, 9.17) is 5.73 Å². The van der Waals surface area contributed by atoms with Crippen LogP contribution in [0.3, 0.4) is 0 Å². The number of aromatic nitrogens is 1. The number of sulfonamides is 1. The highest BCUT2D eigenvalue weighted by molar-refractivity contribution is 9.10. The molecule has 2 rings (SSSR count). The molecule has 0 bridgehead atoms. The van der Waals surface area contributed by atoms with Crippen LogP contribution in [-0.2, 0) is 10.0 Å². The Balaban J connectivity index is 2.41. The number of nitrogens with one attached hydrogen (secondary N) is 1. The zero-order valence-corrected chi connectivity index (χ0v) is 13.9. The molecule has 0 saturated heterocycles. The number of hydrogen-bond acceptors (Lipinski definition) is 5. The second-order valence-corrected chi connectivity index (χ2v) is 6.84. The molecule has 0 atom stereocenters. The molecule has 0 aliphatic carbocycles. The van der Waals surface area contributed by atoms with Crippen LogP contribution in [-0.4, -0.2) is 26.2 Å². The molecule has 1 aromatic heterocycles. The normalized spacial score (nSPS) is 11.0. The number of pyridine rings is 1. The van der Waals surface area contributed by atoms with Gasteiger partial charge in [-0.15, -0.1) is 0 Å². The summed E-state index contributed by atoms with van der Waals surface area (Å²) in [6.07, 6.45) is 2.41. The van der Waals surface area contributed by atoms with Crippen molar-refractivity contribution < 1.29 is 22.3 Å². The van der Waals surface area contributed by atoms with Crippen molar-refractivity contribution in [3.63, 3.8) is 0 Å². The van der Waals surface area contributed by atoms with Crippen LogP contribution < -0.4 is 15.2 Å². The largest absolute Gasteiger partial charge is 0.461 e. The van der Waals surface area contributed by atoms with Crippen molar-refractivity contribution in [3.8, 4) is 5.75 Å². The van der Waals surface area contributed by atoms with Crippen LogP contribution in [0.15, 0.2) is 46.0 Å². The Hall–Kier alpha value is -2.20. The number of carbonyl (C=O) groups excluding carboxylic acids is 1. The van der Waals surface area contributed by atoms with Crippen LogP contribution in [0.1, 0.15) is 10.4 Å². The van der Waals surface area contributed by atoms with Gasteiger partial charge in [0.2, 0.25) is 12.8 Å². The van der Waals surface area contributed by atoms with Crippen LogP contribution in [0.25, 0.3) is 0 Å². The maximum Gasteiger partial charge on any atom is 0.265 e. The van der Waals surface area contributed by atoms with E-state index in [1.54, 1.807) is 0 Å². The molecular weight excluding hydrogens is 393 g/mol. The van der Waals surface area contributed by atoms with Gasteiger partial charge >= 0.3 is 0 Å². The second-order valence-electron chi connectivity index (χ2n) is 4.28. The average Bonchev–Trinajstić information content (AvgIpc) is 2.49. The van der Waals surface area contributed by atoms with Crippen molar-refractivity contribution in [2.75, 3.05) is 11.6 Å². The van der Waals surface area contributed by atoms with Crippen LogP contribution in [0.4, 0.5) is 10.1 Å². The highest BCUT2D eigenvalue weighted by atomic mass is 79.9. The van der Waals surface area contributed by atoms with Gasteiger partial charge in [0.1, 0.15) is 10.6 Å². The molecule has 1 heterocycles. The molecule has 0 aliphatic rings. The Kier molecular flexibility index (Phi) is 5.16. The van der Waals surface area contributed by atoms with Gasteiger partial charge in [0.25, 0.3) is 10.0 Å². The number of halogens is 2. The molecule has 0 aliphatic heterocycles. The standard InChI is InChI=1S/C13H11BrFN3O4S/c14-9-1-2-11(22-7-15)12(4-9)23(20,21)18-10-3-8(13(16)19)5-17-6-10/h1-6,18H,7H2,(H2,16,19). The van der Waals surface area contributed by atoms with E-state index in [1.807, 2.05) is 0 Å². The minimum absolute atomic E-state index is 0.0347. The number of alkyl halides is 1. The number of carbonyl (C=O) groups is 1. The third-order valence-electron chi connectivity index (χ3n) is 2.68. The van der Waals surface area contributed by atoms with Gasteiger partial charge in [-0.1, -0.05) is 15.9 Å². The molecule has 1 aromatic carbocycles. The summed E-state index contributed by atoms with van der Waals surface area (Å²) in [5.41, 5.74) is 5.19. The number of benzene rings is 1. The van der Waals surface area contributed by atoms with Crippen LogP contribution in [0, 0.1) is 0 Å². The summed E-state index contributed by atoms with van der Waals surface area (Å²) in [5, 5.41) is 0. The van der Waals surface area contributed by atoms with Crippen molar-refractivity contribution in [3.05, 3.63) is 46.7 Å². The Bertz CT molecular complexity index is 845. The lowest BCUT2D eigenvalue weighted by Crippen LogP contribution is -2.16. The number of nitrogens with zero attached hydrogens (tertiary/aromatic N) is 1. The first-order valence-electron chi connectivity index (χ1n) is 6.09. The minimum atomic E-state index is -4.09. The van der Waals surface area contributed by atoms with Crippen molar-refractivity contribution in [1.82, 2.24) is 4.98 Å². The molecule has 10 heteroatoms. The quantitative estimate of drug-likeness (QED) is 0.766. The van der Waals surface area contributed by atoms with E-state index in [1.165, 1.54) is 36.7 Å². The van der Waals surface area contributed by atoms with E-state index >= 15 is 0 Å². The predicted octanol–water partition coefficient (Wildman–Crippen LogP) is 2.05. The Morgan fingerprint density at radius 2 is 2.09 bits per heavy atom. The summed E-state index contributed by atoms with van der Waals surface area (Å²) in [5.74, 6) is -0.898. The zero-order valence-electron chi connectivity index (χ0n) is 11.5. The lowest BCUT2D eigenvalue weighted by atomic mass is 10.2. The zero-order chi connectivity index (χ0) is 17.0. The van der Waals surface area contributed by atoms with Crippen molar-refractivity contribution in [2.45, 2.75) is 4.90 Å². The number of primary amides is 1. The highest BCUT2D eigenvalue weighted by Crippen LogP contribution is 2.29. The molecule has 0 radical (unpaired) electrons. The lowest BCUT2D eigenvalue weighted by Gasteiger charge is -2.12. The highest BCUT2D eigenvalue weighted by Gasteiger charge is 2.21. The van der Waals surface area contributed by atoms with Gasteiger partial charge in [0.15, 0.2) is 0 Å². The van der Waals surface area contributed by atoms with Crippen LogP contribution in [0.5, 0.6) is 5.75 Å². The van der Waals surface area contributed by atoms with E-state index in [2.05, 4.69) is 30.4 Å². The second kappa shape index (κ2) is 6.92. The fourth-order valence-electron chi connectivity index (χ4n) is 1.71. The number of nitrogens with two attached hydrogens (primary N) is 1. The SMILES string of the molecule is NC(=O)c1cncc(NS(=O)(=O)c2cc(Br)ccc2OCF)c1. The average molecular weight is 404 g/mol. The minimum Gasteiger partial charge on any atom is -0.461 e. The first-order valence-corrected chi connectivity index (χ1v) is 8.37. The number of anilines is 1. The Labute approximate surface area is 139 Å². The first kappa shape index (κ1) is 17.2. The van der Waals surface area contributed by atoms with Gasteiger partial charge in [0.05, 0.1) is 17.4 Å². The molecule has 23 heavy (non-hydrogen) atoms. The Morgan fingerprint density at radius 3 is 2.74 bits per heavy atom. The maximum absolute atomic E-state index is 12.5. The monoisotopic (exact) mass is 403 g/mol. The topological polar surface area (TPSA) is 111 Å². The summed E-state index contributed by atoms with van der Waals surface area (Å²) in [4.78, 5) is 14.6. The summed E-state index contributed by atoms with van der Waals surface area (Å²) in [6, 6.07) is 5.33. The molecule has 0 spiro atoms. The van der Waals surface area contributed by atoms with Crippen LogP contribution >= 0.6 is 15.9 Å². The summed E-state index contributed by atoms with van der Waals surface area (Å²) in [6.45, 7) is -1.18. The molecule has 0 unspecified atom stereocenters. The molecule has 7 nitrogen and oxygen atoms in total. The summed E-state index contributed by atoms with van der Waals surface area (Å²) < 4.78 is 44.7. The Morgan fingerprint density at radius 1 is 1.35 bits per heavy atom. The third-order valence-corrected chi connectivity index (χ3v) is 4.58. The predicted molar refractivity (Wildman–Crippen MR) is 84.3 cm³/mol. The van der Waals surface area contributed by atoms with Gasteiger partial charge in [0, 0.05) is 10.7 Å². The van der Waals surface area contributed by atoms with Gasteiger partial charge in [-0.2, -0.15) is 0 Å². The van der Waals surface area contributed by atoms with Gasteiger partial charge in [-0.3, -0.25) is 14.5 Å². The molecule has 122 valence electrons. The van der Waals surface area contributed by atoms with E-state index < -0.39 is 22.8 Å². The fourth-order valence-corrected chi connectivity index (χ4v) is 3.43. The fraction of sp³-hybridized carbons (Fsp3) is 0.0769. The van der Waals surface area contributed by atoms with E-state index in [0.717, 1.165) is 0 Å². The van der Waals surface area contributed by atoms with Gasteiger partial charge in [-0.05, 0) is 24.3 Å². The molecule has 0 fully saturated rings. The summed E-state index contributed by atoms with van der Waals surface area (Å²) >= 11 is 3.14. The van der Waals surface area contributed by atoms with Crippen molar-refractivity contribution in [1.29, 1.82) is 0 Å². The molecular formula is C13H11BrFN3O4S. The number of rotatable bonds is 6. The lowest BCUT2D eigenvalue weighted by molar-refractivity contribution is 0.1000. The maximum atomic E-state index is 12.5. The van der Waals surface area contributed by atoms with Crippen LogP contribution in [0.2, 0.25) is 0 Å².